The zero-order chi connectivity index (χ0) is 21.6. The Hall–Kier alpha value is -2.44. The number of nitrogens with one attached hydrogen (secondary N) is 1. The lowest BCUT2D eigenvalue weighted by molar-refractivity contribution is -0.136. The number of nitrogens with zero attached hydrogens (tertiary/aromatic N) is 1. The van der Waals surface area contributed by atoms with Gasteiger partial charge in [0.05, 0.1) is 5.48 Å². The lowest BCUT2D eigenvalue weighted by Crippen LogP contribution is -2.52. The number of hydrogen-bond donors (Lipinski definition) is 2. The van der Waals surface area contributed by atoms with Gasteiger partial charge in [0.15, 0.2) is 0 Å². The monoisotopic (exact) mass is 285 g/mol. The normalized spacial score (nSPS) is 40.1. The molecule has 7 heteroatoms. The van der Waals surface area contributed by atoms with Crippen molar-refractivity contribution in [3.05, 3.63) is 29.0 Å². The summed E-state index contributed by atoms with van der Waals surface area (Å²) >= 11 is 0. The lowest BCUT2D eigenvalue weighted by atomic mass is 10.0. The van der Waals surface area contributed by atoms with E-state index in [-0.39, 0.29) is 4.90 Å². The molecule has 2 heterocycles. The smallest absolute Gasteiger partial charge is 0.255 e. The third-order valence-electron chi connectivity index (χ3n) is 2.71. The molecule has 0 saturated carbocycles. The van der Waals surface area contributed by atoms with E-state index in [0.717, 1.165) is 0 Å². The largest absolute Gasteiger partial charge is 0.398 e. The molecule has 2 unspecified atom stereocenters. The second kappa shape index (κ2) is 4.29. The molecule has 104 valence electrons. The van der Waals surface area contributed by atoms with Crippen LogP contribution in [0.2, 0.25) is 0 Å². The molecule has 3 rings (SSSR count). The van der Waals surface area contributed by atoms with Crippen LogP contribution < -0.4 is 11.1 Å². The van der Waals surface area contributed by atoms with Gasteiger partial charge in [0.2, 0.25) is 11.8 Å². The summed E-state index contributed by atoms with van der Waals surface area (Å²) in [6.45, 7) is -2.13. The van der Waals surface area contributed by atoms with E-state index in [1.165, 1.54) is 5.32 Å². The van der Waals surface area contributed by atoms with Crippen LogP contribution in [0.4, 0.5) is 10.1 Å². The quantitative estimate of drug-likeness (QED) is 0.568. The van der Waals surface area contributed by atoms with Crippen molar-refractivity contribution in [3.63, 3.8) is 0 Å². The third kappa shape index (κ3) is 1.82. The van der Waals surface area contributed by atoms with Crippen molar-refractivity contribution in [3.8, 4) is 0 Å². The predicted octanol–water partition coefficient (Wildman–Crippen LogP) is 0.169. The highest BCUT2D eigenvalue weighted by Crippen LogP contribution is 2.31. The van der Waals surface area contributed by atoms with Crippen LogP contribution >= 0.6 is 0 Å². The number of nitrogens with two attached hydrogens (primary N) is 1. The predicted molar refractivity (Wildman–Crippen MR) is 66.9 cm³/mol. The van der Waals surface area contributed by atoms with E-state index in [1.807, 2.05) is 0 Å². The summed E-state index contributed by atoms with van der Waals surface area (Å²) in [5.41, 5.74) is 3.46. The standard InChI is InChI=1S/C13H12FN3O3/c14-6-3-7-8(9(15)4-6)5-17(13(7)20)10-1-2-11(18)16-12(10)19/h3-4,10H,1-2,5,15H2,(H,16,18,19)/i1D2,2D2,3D,4D,5D,10D. The van der Waals surface area contributed by atoms with Gasteiger partial charge in [-0.2, -0.15) is 0 Å². The highest BCUT2D eigenvalue weighted by molar-refractivity contribution is 6.06. The molecule has 0 radical (unpaired) electrons. The molecular weight excluding hydrogens is 265 g/mol. The van der Waals surface area contributed by atoms with Gasteiger partial charge in [-0.25, -0.2) is 4.39 Å². The first-order valence-corrected chi connectivity index (χ1v) is 5.33. The van der Waals surface area contributed by atoms with Crippen molar-refractivity contribution in [1.29, 1.82) is 0 Å². The van der Waals surface area contributed by atoms with Gasteiger partial charge in [-0.3, -0.25) is 19.7 Å². The fourth-order valence-electron chi connectivity index (χ4n) is 1.84. The van der Waals surface area contributed by atoms with E-state index in [2.05, 4.69) is 0 Å². The van der Waals surface area contributed by atoms with E-state index < -0.39 is 77.7 Å². The molecule has 0 spiro atoms. The number of amides is 3. The van der Waals surface area contributed by atoms with Gasteiger partial charge in [0, 0.05) is 35.2 Å². The van der Waals surface area contributed by atoms with Crippen LogP contribution in [-0.2, 0) is 16.1 Å². The molecule has 0 bridgehead atoms. The number of piperidine rings is 1. The van der Waals surface area contributed by atoms with Crippen LogP contribution in [0, 0.1) is 5.82 Å². The fourth-order valence-corrected chi connectivity index (χ4v) is 1.84. The summed E-state index contributed by atoms with van der Waals surface area (Å²) in [6.07, 6.45) is -7.08. The number of imide groups is 1. The van der Waals surface area contributed by atoms with E-state index in [1.54, 1.807) is 0 Å². The molecule has 1 aromatic carbocycles. The van der Waals surface area contributed by atoms with Gasteiger partial charge in [-0.05, 0) is 18.5 Å². The van der Waals surface area contributed by atoms with Crippen LogP contribution in [0.25, 0.3) is 0 Å². The zero-order valence-corrected chi connectivity index (χ0v) is 9.70. The zero-order valence-electron chi connectivity index (χ0n) is 17.7. The number of carbonyl (C=O) groups excluding carboxylic acids is 3. The number of hydrogen-bond acceptors (Lipinski definition) is 4. The average molecular weight is 285 g/mol. The molecule has 0 aromatic heterocycles. The van der Waals surface area contributed by atoms with E-state index >= 15 is 0 Å². The lowest BCUT2D eigenvalue weighted by Gasteiger charge is -2.29. The first-order chi connectivity index (χ1) is 12.6. The van der Waals surface area contributed by atoms with Gasteiger partial charge in [0.1, 0.15) is 11.8 Å². The minimum absolute atomic E-state index is 0.00938. The highest BCUT2D eigenvalue weighted by atomic mass is 19.1. The van der Waals surface area contributed by atoms with Gasteiger partial charge in [0.25, 0.3) is 5.91 Å². The SMILES string of the molecule is [2H]c1c(N)c2c(c([2H])c1F)C(=O)N(C1([2H])C(=O)NC(=O)C([2H])([2H])C1([2H])[2H])C2[2H]. The topological polar surface area (TPSA) is 92.5 Å². The molecular formula is C13H12FN3O3. The summed E-state index contributed by atoms with van der Waals surface area (Å²) in [6, 6.07) is -5.58. The van der Waals surface area contributed by atoms with Gasteiger partial charge in [-0.1, -0.05) is 0 Å². The number of fused-ring (bicyclic) bond motifs is 1. The summed E-state index contributed by atoms with van der Waals surface area (Å²) in [5.74, 6) is -6.37. The van der Waals surface area contributed by atoms with Crippen molar-refractivity contribution in [1.82, 2.24) is 10.2 Å². The number of rotatable bonds is 1. The van der Waals surface area contributed by atoms with Crippen molar-refractivity contribution in [2.24, 2.45) is 0 Å². The van der Waals surface area contributed by atoms with Crippen LogP contribution in [0.3, 0.4) is 0 Å². The van der Waals surface area contributed by atoms with Crippen molar-refractivity contribution in [2.75, 3.05) is 5.73 Å². The highest BCUT2D eigenvalue weighted by Gasteiger charge is 2.39. The number of halogens is 1. The molecule has 1 fully saturated rings. The minimum atomic E-state index is -3.63. The number of carbonyl (C=O) groups is 3. The van der Waals surface area contributed by atoms with Crippen LogP contribution in [0.5, 0.6) is 0 Å². The van der Waals surface area contributed by atoms with Crippen LogP contribution in [-0.4, -0.2) is 28.6 Å². The Labute approximate surface area is 125 Å². The first-order valence-electron chi connectivity index (χ1n) is 9.41. The Kier molecular flexibility index (Phi) is 1.36. The summed E-state index contributed by atoms with van der Waals surface area (Å²) < 4.78 is 76.9. The van der Waals surface area contributed by atoms with Gasteiger partial charge >= 0.3 is 0 Å². The Morgan fingerprint density at radius 1 is 1.50 bits per heavy atom. The Morgan fingerprint density at radius 3 is 3.00 bits per heavy atom. The molecule has 6 nitrogen and oxygen atoms in total. The van der Waals surface area contributed by atoms with Crippen LogP contribution in [0.1, 0.15) is 39.6 Å². The third-order valence-corrected chi connectivity index (χ3v) is 2.71. The van der Waals surface area contributed by atoms with Crippen molar-refractivity contribution in [2.45, 2.75) is 25.3 Å². The second-order valence-corrected chi connectivity index (χ2v) is 3.95. The number of anilines is 1. The summed E-state index contributed by atoms with van der Waals surface area (Å²) in [4.78, 5) is 36.9. The number of nitrogen functional groups attached to an aromatic ring is 1. The maximum atomic E-state index is 14.0. The molecule has 1 aromatic rings. The second-order valence-electron chi connectivity index (χ2n) is 3.95. The first kappa shape index (κ1) is 6.34. The molecule has 0 aliphatic carbocycles. The molecule has 3 amide bonds. The van der Waals surface area contributed by atoms with Crippen molar-refractivity contribution < 1.29 is 29.7 Å². The number of benzene rings is 1. The van der Waals surface area contributed by atoms with E-state index in [9.17, 15) is 18.8 Å². The molecule has 2 aliphatic heterocycles. The van der Waals surface area contributed by atoms with Gasteiger partial charge < -0.3 is 10.6 Å². The Bertz CT molecular complexity index is 971. The maximum absolute atomic E-state index is 14.0. The molecule has 3 N–H and O–H groups in total. The average Bonchev–Trinajstić information content (AvgIpc) is 2.86. The van der Waals surface area contributed by atoms with Crippen LogP contribution in [0.15, 0.2) is 12.1 Å². The summed E-state index contributed by atoms with van der Waals surface area (Å²) in [5, 5.41) is 1.47. The Balaban J connectivity index is 2.29. The van der Waals surface area contributed by atoms with E-state index in [0.29, 0.717) is 0 Å². The molecule has 2 aliphatic rings. The van der Waals surface area contributed by atoms with Gasteiger partial charge in [-0.15, -0.1) is 0 Å². The summed E-state index contributed by atoms with van der Waals surface area (Å²) in [7, 11) is 0. The minimum Gasteiger partial charge on any atom is -0.398 e. The maximum Gasteiger partial charge on any atom is 0.255 e. The molecule has 20 heavy (non-hydrogen) atoms. The fraction of sp³-hybridized carbons (Fsp3) is 0.308. The Morgan fingerprint density at radius 2 is 2.25 bits per heavy atom. The molecule has 2 atom stereocenters. The van der Waals surface area contributed by atoms with E-state index in [4.69, 9.17) is 16.7 Å². The van der Waals surface area contributed by atoms with Crippen molar-refractivity contribution >= 4 is 23.4 Å². The molecule has 1 saturated heterocycles.